The summed E-state index contributed by atoms with van der Waals surface area (Å²) < 4.78 is 48.3. The highest BCUT2D eigenvalue weighted by Crippen LogP contribution is 2.51. The number of hydrogen-bond acceptors (Lipinski definition) is 7. The Kier molecular flexibility index (Phi) is 9.97. The van der Waals surface area contributed by atoms with Crippen LogP contribution in [0.3, 0.4) is 0 Å². The van der Waals surface area contributed by atoms with Crippen LogP contribution in [0.25, 0.3) is 0 Å². The zero-order chi connectivity index (χ0) is 26.4. The molecule has 0 aliphatic carbocycles. The molecule has 35 heavy (non-hydrogen) atoms. The number of ether oxygens (including phenoxy) is 2. The molecule has 2 rings (SSSR count). The molecule has 9 nitrogen and oxygen atoms in total. The van der Waals surface area contributed by atoms with Crippen LogP contribution in [-0.4, -0.2) is 61.1 Å². The van der Waals surface area contributed by atoms with Gasteiger partial charge in [-0.05, 0) is 31.0 Å². The van der Waals surface area contributed by atoms with Crippen LogP contribution in [-0.2, 0) is 19.6 Å². The van der Waals surface area contributed by atoms with E-state index in [4.69, 9.17) is 13.9 Å². The van der Waals surface area contributed by atoms with Crippen LogP contribution < -0.4 is 11.0 Å². The number of nitrogens with one attached hydrogen (secondary N) is 1. The van der Waals surface area contributed by atoms with Gasteiger partial charge >= 0.3 is 17.7 Å². The van der Waals surface area contributed by atoms with Gasteiger partial charge in [-0.1, -0.05) is 53.4 Å². The molecule has 1 aromatic rings. The largest absolute Gasteiger partial charge is 0.449 e. The highest BCUT2D eigenvalue weighted by Gasteiger charge is 2.71. The molecule has 1 fully saturated rings. The predicted molar refractivity (Wildman–Crippen MR) is 130 cm³/mol. The normalized spacial score (nSPS) is 24.1. The lowest BCUT2D eigenvalue weighted by molar-refractivity contribution is -0.237. The van der Waals surface area contributed by atoms with Crippen molar-refractivity contribution < 1.29 is 32.6 Å². The van der Waals surface area contributed by atoms with Gasteiger partial charge in [0.1, 0.15) is 11.9 Å². The maximum atomic E-state index is 15.6. The van der Waals surface area contributed by atoms with Crippen molar-refractivity contribution in [3.05, 3.63) is 22.7 Å². The Morgan fingerprint density at radius 2 is 1.94 bits per heavy atom. The molecule has 12 heteroatoms. The summed E-state index contributed by atoms with van der Waals surface area (Å²) in [5, 5.41) is 12.8. The Bertz CT molecular complexity index is 908. The number of halogens is 2. The number of alkyl halides is 2. The van der Waals surface area contributed by atoms with Crippen molar-refractivity contribution in [3.8, 4) is 0 Å². The fourth-order valence-electron chi connectivity index (χ4n) is 3.88. The number of unbranched alkanes of at least 4 members (excludes halogenated alkanes) is 4. The molecule has 1 amide bonds. The van der Waals surface area contributed by atoms with E-state index in [0.29, 0.717) is 11.0 Å². The second-order valence-corrected chi connectivity index (χ2v) is 12.7. The first kappa shape index (κ1) is 29.3. The Hall–Kier alpha value is -1.89. The van der Waals surface area contributed by atoms with Crippen LogP contribution >= 0.6 is 0 Å². The lowest BCUT2D eigenvalue weighted by Crippen LogP contribution is -2.58. The molecule has 0 saturated carbocycles. The molecule has 1 aliphatic rings. The number of hydrogen-bond donors (Lipinski definition) is 2. The summed E-state index contributed by atoms with van der Waals surface area (Å²) in [6.07, 6.45) is 1.77. The van der Waals surface area contributed by atoms with Crippen molar-refractivity contribution in [1.29, 1.82) is 0 Å². The first-order chi connectivity index (χ1) is 16.3. The van der Waals surface area contributed by atoms with Crippen LogP contribution in [0.5, 0.6) is 0 Å². The van der Waals surface area contributed by atoms with Crippen LogP contribution in [0.15, 0.2) is 17.1 Å². The van der Waals surface area contributed by atoms with Gasteiger partial charge in [0.2, 0.25) is 5.72 Å². The summed E-state index contributed by atoms with van der Waals surface area (Å²) in [5.74, 6) is -4.00. The predicted octanol–water partition coefficient (Wildman–Crippen LogP) is 3.86. The molecule has 2 N–H and O–H groups in total. The number of rotatable bonds is 11. The summed E-state index contributed by atoms with van der Waals surface area (Å²) in [5.41, 5.74) is -4.53. The van der Waals surface area contributed by atoms with Crippen molar-refractivity contribution in [2.24, 2.45) is 5.41 Å². The Morgan fingerprint density at radius 3 is 2.49 bits per heavy atom. The lowest BCUT2D eigenvalue weighted by Gasteiger charge is -2.36. The van der Waals surface area contributed by atoms with Gasteiger partial charge in [-0.25, -0.2) is 9.59 Å². The van der Waals surface area contributed by atoms with Gasteiger partial charge in [-0.15, -0.1) is 0 Å². The van der Waals surface area contributed by atoms with E-state index in [9.17, 15) is 14.7 Å². The number of anilines is 1. The van der Waals surface area contributed by atoms with E-state index in [1.165, 1.54) is 6.07 Å². The van der Waals surface area contributed by atoms with E-state index in [2.05, 4.69) is 17.2 Å². The molecule has 1 aromatic heterocycles. The van der Waals surface area contributed by atoms with Gasteiger partial charge in [0.05, 0.1) is 19.3 Å². The zero-order valence-electron chi connectivity index (χ0n) is 21.5. The number of amides is 1. The molecule has 200 valence electrons. The maximum Gasteiger partial charge on any atom is 0.412 e. The second-order valence-electron chi connectivity index (χ2n) is 10.3. The topological polar surface area (TPSA) is 112 Å². The molecular weight excluding hydrogens is 480 g/mol. The van der Waals surface area contributed by atoms with Gasteiger partial charge in [-0.3, -0.25) is 9.88 Å². The van der Waals surface area contributed by atoms with Crippen LogP contribution in [0.4, 0.5) is 19.4 Å². The molecule has 2 heterocycles. The highest BCUT2D eigenvalue weighted by atomic mass is 28.3. The second kappa shape index (κ2) is 11.9. The summed E-state index contributed by atoms with van der Waals surface area (Å²) in [7, 11) is -1.81. The van der Waals surface area contributed by atoms with E-state index in [-0.39, 0.29) is 12.4 Å². The van der Waals surface area contributed by atoms with Crippen molar-refractivity contribution >= 4 is 21.0 Å². The maximum absolute atomic E-state index is 15.6. The monoisotopic (exact) mass is 519 g/mol. The molecule has 3 atom stereocenters. The SMILES string of the molecule is CCCCCCCOC(=O)Nc1ccn([C@]2(CO[SiH](C)C)O[C@H](C(C)(C)C)[C@@H](O)C2(F)F)c(=O)n1. The molecule has 0 radical (unpaired) electrons. The number of nitrogens with zero attached hydrogens (tertiary/aromatic N) is 2. The minimum atomic E-state index is -3.86. The minimum Gasteiger partial charge on any atom is -0.449 e. The van der Waals surface area contributed by atoms with Crippen molar-refractivity contribution in [2.75, 3.05) is 18.5 Å². The van der Waals surface area contributed by atoms with E-state index in [0.717, 1.165) is 31.9 Å². The van der Waals surface area contributed by atoms with E-state index in [1.54, 1.807) is 33.9 Å². The summed E-state index contributed by atoms with van der Waals surface area (Å²) >= 11 is 0. The first-order valence-electron chi connectivity index (χ1n) is 12.2. The summed E-state index contributed by atoms with van der Waals surface area (Å²) in [4.78, 5) is 28.6. The van der Waals surface area contributed by atoms with Crippen molar-refractivity contribution in [1.82, 2.24) is 9.55 Å². The van der Waals surface area contributed by atoms with Crippen molar-refractivity contribution in [2.45, 2.75) is 96.7 Å². The van der Waals surface area contributed by atoms with Gasteiger partial charge in [0.15, 0.2) is 9.04 Å². The third-order valence-electron chi connectivity index (χ3n) is 5.87. The quantitative estimate of drug-likeness (QED) is 0.337. The lowest BCUT2D eigenvalue weighted by atomic mass is 9.84. The highest BCUT2D eigenvalue weighted by molar-refractivity contribution is 6.48. The number of carbonyl (C=O) groups excluding carboxylic acids is 1. The molecule has 0 spiro atoms. The van der Waals surface area contributed by atoms with E-state index >= 15 is 8.78 Å². The van der Waals surface area contributed by atoms with Gasteiger partial charge in [0, 0.05) is 6.20 Å². The standard InChI is InChI=1S/C23H39F2N3O6Si/c1-7-8-9-10-11-14-32-20(31)27-16-12-13-28(19(30)26-16)22(15-33-35(5)6)23(24,25)17(29)18(34-22)21(2,3)4/h12-13,17-18,29,35H,7-11,14-15H2,1-6H3,(H,26,27,30,31)/t17-,18+,22-/m1/s1. The molecule has 1 saturated heterocycles. The molecule has 0 aromatic carbocycles. The number of carbonyl (C=O) groups is 1. The summed E-state index contributed by atoms with van der Waals surface area (Å²) in [6.45, 7) is 10.3. The molecule has 0 bridgehead atoms. The van der Waals surface area contributed by atoms with E-state index in [1.807, 2.05) is 0 Å². The fraction of sp³-hybridized carbons (Fsp3) is 0.783. The Morgan fingerprint density at radius 1 is 1.29 bits per heavy atom. The average Bonchev–Trinajstić information content (AvgIpc) is 2.96. The first-order valence-corrected chi connectivity index (χ1v) is 14.9. The smallest absolute Gasteiger partial charge is 0.412 e. The third-order valence-corrected chi connectivity index (χ3v) is 6.70. The molecular formula is C23H39F2N3O6Si. The average molecular weight is 520 g/mol. The van der Waals surface area contributed by atoms with Crippen LogP contribution in [0.2, 0.25) is 13.1 Å². The fourth-order valence-corrected chi connectivity index (χ4v) is 4.44. The number of aromatic nitrogens is 2. The van der Waals surface area contributed by atoms with E-state index < -0.39 is 56.7 Å². The molecule has 0 unspecified atom stereocenters. The Labute approximate surface area is 206 Å². The number of aliphatic hydroxyl groups is 1. The van der Waals surface area contributed by atoms with Crippen LogP contribution in [0.1, 0.15) is 59.8 Å². The van der Waals surface area contributed by atoms with Gasteiger partial charge in [0.25, 0.3) is 0 Å². The number of aliphatic hydroxyl groups excluding tert-OH is 1. The van der Waals surface area contributed by atoms with Crippen molar-refractivity contribution in [3.63, 3.8) is 0 Å². The molecule has 1 aliphatic heterocycles. The minimum absolute atomic E-state index is 0.147. The third kappa shape index (κ3) is 6.87. The van der Waals surface area contributed by atoms with Gasteiger partial charge in [-0.2, -0.15) is 13.8 Å². The zero-order valence-corrected chi connectivity index (χ0v) is 22.6. The summed E-state index contributed by atoms with van der Waals surface area (Å²) in [6, 6.07) is 1.20. The van der Waals surface area contributed by atoms with Crippen LogP contribution in [0, 0.1) is 5.41 Å². The Balaban J connectivity index is 2.25. The van der Waals surface area contributed by atoms with Gasteiger partial charge < -0.3 is 19.0 Å².